The van der Waals surface area contributed by atoms with Crippen LogP contribution in [-0.4, -0.2) is 0 Å². The van der Waals surface area contributed by atoms with Crippen LogP contribution in [0.5, 0.6) is 5.75 Å². The van der Waals surface area contributed by atoms with Crippen molar-refractivity contribution in [1.82, 2.24) is 0 Å². The molecule has 1 nitrogen and oxygen atoms in total. The van der Waals surface area contributed by atoms with Crippen LogP contribution in [0.4, 0.5) is 0 Å². The Morgan fingerprint density at radius 1 is 1.05 bits per heavy atom. The summed E-state index contributed by atoms with van der Waals surface area (Å²) >= 11 is 9.34. The SMILES string of the molecule is Cc1cc(C)cc(COc2ccc(Br)c(CCl)c2)c1. The first-order chi connectivity index (χ1) is 9.08. The summed E-state index contributed by atoms with van der Waals surface area (Å²) in [6.07, 6.45) is 0. The topological polar surface area (TPSA) is 9.23 Å². The molecule has 0 fully saturated rings. The van der Waals surface area contributed by atoms with E-state index in [-0.39, 0.29) is 0 Å². The Labute approximate surface area is 127 Å². The molecule has 2 aromatic carbocycles. The van der Waals surface area contributed by atoms with E-state index in [4.69, 9.17) is 16.3 Å². The highest BCUT2D eigenvalue weighted by Gasteiger charge is 2.02. The van der Waals surface area contributed by atoms with E-state index >= 15 is 0 Å². The van der Waals surface area contributed by atoms with E-state index < -0.39 is 0 Å². The van der Waals surface area contributed by atoms with Gasteiger partial charge in [-0.3, -0.25) is 0 Å². The van der Waals surface area contributed by atoms with Crippen molar-refractivity contribution in [3.05, 3.63) is 63.1 Å². The zero-order chi connectivity index (χ0) is 13.8. The minimum Gasteiger partial charge on any atom is -0.489 e. The van der Waals surface area contributed by atoms with Crippen LogP contribution in [0.1, 0.15) is 22.3 Å². The maximum atomic E-state index is 5.88. The van der Waals surface area contributed by atoms with Gasteiger partial charge in [-0.1, -0.05) is 45.3 Å². The molecule has 0 bridgehead atoms. The molecule has 0 atom stereocenters. The van der Waals surface area contributed by atoms with E-state index in [1.165, 1.54) is 16.7 Å². The van der Waals surface area contributed by atoms with Gasteiger partial charge in [0.25, 0.3) is 0 Å². The molecule has 3 heteroatoms. The summed E-state index contributed by atoms with van der Waals surface area (Å²) in [7, 11) is 0. The van der Waals surface area contributed by atoms with Gasteiger partial charge in [0, 0.05) is 10.4 Å². The van der Waals surface area contributed by atoms with Crippen molar-refractivity contribution >= 4 is 27.5 Å². The van der Waals surface area contributed by atoms with Crippen LogP contribution in [0.3, 0.4) is 0 Å². The molecule has 0 saturated carbocycles. The van der Waals surface area contributed by atoms with Gasteiger partial charge < -0.3 is 4.74 Å². The largest absolute Gasteiger partial charge is 0.489 e. The third-order valence-electron chi connectivity index (χ3n) is 2.85. The molecule has 0 aliphatic rings. The third-order valence-corrected chi connectivity index (χ3v) is 3.91. The van der Waals surface area contributed by atoms with Gasteiger partial charge in [0.15, 0.2) is 0 Å². The summed E-state index contributed by atoms with van der Waals surface area (Å²) in [6.45, 7) is 4.77. The Bertz CT molecular complexity index is 561. The molecule has 0 amide bonds. The molecule has 2 rings (SSSR count). The summed E-state index contributed by atoms with van der Waals surface area (Å²) in [6, 6.07) is 12.3. The molecule has 2 aromatic rings. The fourth-order valence-electron chi connectivity index (χ4n) is 2.06. The van der Waals surface area contributed by atoms with Gasteiger partial charge in [0.2, 0.25) is 0 Å². The fourth-order valence-corrected chi connectivity index (χ4v) is 2.83. The van der Waals surface area contributed by atoms with Crippen LogP contribution < -0.4 is 4.74 Å². The van der Waals surface area contributed by atoms with Gasteiger partial charge in [-0.25, -0.2) is 0 Å². The number of ether oxygens (including phenoxy) is 1. The van der Waals surface area contributed by atoms with E-state index in [1.54, 1.807) is 0 Å². The monoisotopic (exact) mass is 338 g/mol. The van der Waals surface area contributed by atoms with Crippen molar-refractivity contribution in [1.29, 1.82) is 0 Å². The van der Waals surface area contributed by atoms with E-state index in [9.17, 15) is 0 Å². The first-order valence-corrected chi connectivity index (χ1v) is 7.45. The second kappa shape index (κ2) is 6.44. The van der Waals surface area contributed by atoms with Gasteiger partial charge in [-0.2, -0.15) is 0 Å². The van der Waals surface area contributed by atoms with E-state index in [2.05, 4.69) is 48.0 Å². The number of aryl methyl sites for hydroxylation is 2. The minimum absolute atomic E-state index is 0.474. The molecule has 0 aliphatic heterocycles. The van der Waals surface area contributed by atoms with Crippen molar-refractivity contribution in [2.45, 2.75) is 26.3 Å². The van der Waals surface area contributed by atoms with E-state index in [1.807, 2.05) is 18.2 Å². The maximum absolute atomic E-state index is 5.88. The Morgan fingerprint density at radius 3 is 2.37 bits per heavy atom. The predicted octanol–water partition coefficient (Wildman–Crippen LogP) is 5.38. The molecule has 0 N–H and O–H groups in total. The zero-order valence-corrected chi connectivity index (χ0v) is 13.4. The Kier molecular flexibility index (Phi) is 4.89. The summed E-state index contributed by atoms with van der Waals surface area (Å²) in [5, 5.41) is 0. The standard InChI is InChI=1S/C16H16BrClO/c1-11-5-12(2)7-13(6-11)10-19-15-3-4-16(17)14(8-15)9-18/h3-8H,9-10H2,1-2H3. The lowest BCUT2D eigenvalue weighted by Crippen LogP contribution is -1.97. The van der Waals surface area contributed by atoms with E-state index in [0.717, 1.165) is 15.8 Å². The average Bonchev–Trinajstić information content (AvgIpc) is 2.36. The van der Waals surface area contributed by atoms with Crippen molar-refractivity contribution in [2.24, 2.45) is 0 Å². The quantitative estimate of drug-likeness (QED) is 0.679. The molecule has 0 aliphatic carbocycles. The van der Waals surface area contributed by atoms with Crippen molar-refractivity contribution in [3.63, 3.8) is 0 Å². The number of hydrogen-bond donors (Lipinski definition) is 0. The molecule has 0 spiro atoms. The molecule has 0 radical (unpaired) electrons. The number of hydrogen-bond acceptors (Lipinski definition) is 1. The lowest BCUT2D eigenvalue weighted by molar-refractivity contribution is 0.306. The molecular weight excluding hydrogens is 324 g/mol. The van der Waals surface area contributed by atoms with Crippen molar-refractivity contribution < 1.29 is 4.74 Å². The van der Waals surface area contributed by atoms with Crippen LogP contribution in [-0.2, 0) is 12.5 Å². The predicted molar refractivity (Wildman–Crippen MR) is 83.9 cm³/mol. The second-order valence-corrected chi connectivity index (χ2v) is 5.79. The molecule has 19 heavy (non-hydrogen) atoms. The van der Waals surface area contributed by atoms with Gasteiger partial charge in [0.05, 0.1) is 0 Å². The molecule has 0 heterocycles. The Hall–Kier alpha value is -0.990. The van der Waals surface area contributed by atoms with Gasteiger partial charge in [-0.05, 0) is 43.2 Å². The molecule has 100 valence electrons. The summed E-state index contributed by atoms with van der Waals surface area (Å²) < 4.78 is 6.84. The van der Waals surface area contributed by atoms with Gasteiger partial charge >= 0.3 is 0 Å². The molecule has 0 aromatic heterocycles. The lowest BCUT2D eigenvalue weighted by atomic mass is 10.1. The van der Waals surface area contributed by atoms with Crippen LogP contribution in [0.15, 0.2) is 40.9 Å². The number of alkyl halides is 1. The normalized spacial score (nSPS) is 10.5. The average molecular weight is 340 g/mol. The first-order valence-electron chi connectivity index (χ1n) is 6.13. The maximum Gasteiger partial charge on any atom is 0.120 e. The fraction of sp³-hybridized carbons (Fsp3) is 0.250. The second-order valence-electron chi connectivity index (χ2n) is 4.67. The van der Waals surface area contributed by atoms with E-state index in [0.29, 0.717) is 12.5 Å². The summed E-state index contributed by atoms with van der Waals surface area (Å²) in [5.41, 5.74) is 4.75. The smallest absolute Gasteiger partial charge is 0.120 e. The van der Waals surface area contributed by atoms with Crippen molar-refractivity contribution in [3.8, 4) is 5.75 Å². The Morgan fingerprint density at radius 2 is 1.74 bits per heavy atom. The number of rotatable bonds is 4. The molecule has 0 unspecified atom stereocenters. The highest BCUT2D eigenvalue weighted by Crippen LogP contribution is 2.24. The lowest BCUT2D eigenvalue weighted by Gasteiger charge is -2.10. The number of halogens is 2. The zero-order valence-electron chi connectivity index (χ0n) is 11.0. The molecule has 0 saturated heterocycles. The van der Waals surface area contributed by atoms with Crippen molar-refractivity contribution in [2.75, 3.05) is 0 Å². The van der Waals surface area contributed by atoms with Crippen LogP contribution in [0.2, 0.25) is 0 Å². The summed E-state index contributed by atoms with van der Waals surface area (Å²) in [5.74, 6) is 1.32. The highest BCUT2D eigenvalue weighted by molar-refractivity contribution is 9.10. The third kappa shape index (κ3) is 3.99. The van der Waals surface area contributed by atoms with Gasteiger partial charge in [-0.15, -0.1) is 11.6 Å². The molecular formula is C16H16BrClO. The van der Waals surface area contributed by atoms with Crippen LogP contribution in [0, 0.1) is 13.8 Å². The first kappa shape index (κ1) is 14.4. The van der Waals surface area contributed by atoms with Gasteiger partial charge in [0.1, 0.15) is 12.4 Å². The van der Waals surface area contributed by atoms with Crippen LogP contribution in [0.25, 0.3) is 0 Å². The Balaban J connectivity index is 2.10. The van der Waals surface area contributed by atoms with Crippen LogP contribution >= 0.6 is 27.5 Å². The minimum atomic E-state index is 0.474. The summed E-state index contributed by atoms with van der Waals surface area (Å²) in [4.78, 5) is 0. The highest BCUT2D eigenvalue weighted by atomic mass is 79.9. The number of benzene rings is 2.